The zero-order valence-corrected chi connectivity index (χ0v) is 16.8. The number of aromatic nitrogens is 2. The molecule has 31 heavy (non-hydrogen) atoms. The molecular formula is C23H22F5N3. The number of hydrogen-bond donors (Lipinski definition) is 1. The first-order chi connectivity index (χ1) is 14.7. The van der Waals surface area contributed by atoms with Gasteiger partial charge in [-0.1, -0.05) is 29.8 Å². The summed E-state index contributed by atoms with van der Waals surface area (Å²) in [5.41, 5.74) is 2.10. The number of aryl methyl sites for hydroxylation is 1. The second-order valence-electron chi connectivity index (χ2n) is 8.82. The number of nitrogens with one attached hydrogen (secondary N) is 1. The maximum atomic E-state index is 13.7. The van der Waals surface area contributed by atoms with Crippen LogP contribution in [0.4, 0.5) is 22.0 Å². The molecule has 0 amide bonds. The van der Waals surface area contributed by atoms with Gasteiger partial charge in [-0.05, 0) is 49.6 Å². The molecule has 3 aromatic rings. The lowest BCUT2D eigenvalue weighted by Gasteiger charge is -2.23. The lowest BCUT2D eigenvalue weighted by atomic mass is 10.0. The van der Waals surface area contributed by atoms with Crippen molar-refractivity contribution in [1.29, 1.82) is 0 Å². The average Bonchev–Trinajstić information content (AvgIpc) is 3.04. The Morgan fingerprint density at radius 3 is 2.35 bits per heavy atom. The number of alkyl halides is 3. The van der Waals surface area contributed by atoms with Crippen LogP contribution in [0.2, 0.25) is 0 Å². The van der Waals surface area contributed by atoms with Gasteiger partial charge in [0.1, 0.15) is 6.04 Å². The summed E-state index contributed by atoms with van der Waals surface area (Å²) in [5, 5.41) is 2.74. The van der Waals surface area contributed by atoms with E-state index in [9.17, 15) is 22.0 Å². The van der Waals surface area contributed by atoms with E-state index in [1.807, 2.05) is 11.5 Å². The third-order valence-electron chi connectivity index (χ3n) is 6.90. The fourth-order valence-electron chi connectivity index (χ4n) is 5.23. The normalized spacial score (nSPS) is 26.3. The molecule has 5 rings (SSSR count). The standard InChI is InChI=1S/C23H22F5N3/c1-12-2-4-13(5-3-12)22(23(26,27)28)29-10-17-15-6-14(7-16(15)17)31-11-30-20-8-18(24)19(25)9-21(20)31/h2-5,8-9,11,14-17,22,29H,6-7,10H2,1H3/t14?,15-,16+,17?,22?. The largest absolute Gasteiger partial charge is 0.407 e. The first kappa shape index (κ1) is 20.4. The third kappa shape index (κ3) is 3.71. The number of nitrogens with zero attached hydrogens (tertiary/aromatic N) is 2. The highest BCUT2D eigenvalue weighted by atomic mass is 19.4. The Morgan fingerprint density at radius 2 is 1.71 bits per heavy atom. The monoisotopic (exact) mass is 435 g/mol. The summed E-state index contributed by atoms with van der Waals surface area (Å²) in [4.78, 5) is 4.17. The molecular weight excluding hydrogens is 413 g/mol. The summed E-state index contributed by atoms with van der Waals surface area (Å²) in [6, 6.07) is 7.11. The van der Waals surface area contributed by atoms with E-state index in [4.69, 9.17) is 0 Å². The zero-order chi connectivity index (χ0) is 21.9. The number of rotatable bonds is 5. The molecule has 2 aliphatic rings. The quantitative estimate of drug-likeness (QED) is 0.520. The highest BCUT2D eigenvalue weighted by Crippen LogP contribution is 2.61. The van der Waals surface area contributed by atoms with Gasteiger partial charge in [-0.15, -0.1) is 0 Å². The first-order valence-corrected chi connectivity index (χ1v) is 10.4. The van der Waals surface area contributed by atoms with Crippen LogP contribution < -0.4 is 5.32 Å². The van der Waals surface area contributed by atoms with Crippen LogP contribution in [-0.4, -0.2) is 22.3 Å². The second-order valence-corrected chi connectivity index (χ2v) is 8.82. The van der Waals surface area contributed by atoms with Gasteiger partial charge >= 0.3 is 6.18 Å². The van der Waals surface area contributed by atoms with Crippen molar-refractivity contribution in [2.24, 2.45) is 17.8 Å². The van der Waals surface area contributed by atoms with Gasteiger partial charge in [-0.25, -0.2) is 13.8 Å². The van der Waals surface area contributed by atoms with Crippen molar-refractivity contribution >= 4 is 11.0 Å². The molecule has 0 aliphatic heterocycles. The number of halogens is 5. The topological polar surface area (TPSA) is 29.9 Å². The van der Waals surface area contributed by atoms with Crippen LogP contribution in [0.15, 0.2) is 42.7 Å². The van der Waals surface area contributed by atoms with E-state index >= 15 is 0 Å². The Bertz CT molecular complexity index is 1090. The summed E-state index contributed by atoms with van der Waals surface area (Å²) >= 11 is 0. The molecule has 5 atom stereocenters. The molecule has 1 heterocycles. The van der Waals surface area contributed by atoms with Crippen LogP contribution in [0.1, 0.15) is 36.1 Å². The van der Waals surface area contributed by atoms with Gasteiger partial charge in [-0.3, -0.25) is 0 Å². The fourth-order valence-corrected chi connectivity index (χ4v) is 5.23. The smallest absolute Gasteiger partial charge is 0.327 e. The van der Waals surface area contributed by atoms with Gasteiger partial charge in [0.15, 0.2) is 11.6 Å². The highest BCUT2D eigenvalue weighted by Gasteiger charge is 2.56. The summed E-state index contributed by atoms with van der Waals surface area (Å²) in [5.74, 6) is -0.949. The predicted octanol–water partition coefficient (Wildman–Crippen LogP) is 5.71. The molecule has 2 fully saturated rings. The minimum absolute atomic E-state index is 0.108. The van der Waals surface area contributed by atoms with Crippen molar-refractivity contribution in [3.05, 3.63) is 65.5 Å². The van der Waals surface area contributed by atoms with Crippen molar-refractivity contribution in [3.63, 3.8) is 0 Å². The van der Waals surface area contributed by atoms with E-state index < -0.39 is 23.9 Å². The summed E-state index contributed by atoms with van der Waals surface area (Å²) in [7, 11) is 0. The summed E-state index contributed by atoms with van der Waals surface area (Å²) in [6.07, 6.45) is -1.15. The Hall–Kier alpha value is -2.48. The molecule has 2 aromatic carbocycles. The Balaban J connectivity index is 1.23. The van der Waals surface area contributed by atoms with Crippen molar-refractivity contribution in [1.82, 2.24) is 14.9 Å². The van der Waals surface area contributed by atoms with Gasteiger partial charge < -0.3 is 9.88 Å². The minimum atomic E-state index is -4.36. The minimum Gasteiger partial charge on any atom is -0.327 e. The van der Waals surface area contributed by atoms with Gasteiger partial charge in [0.2, 0.25) is 0 Å². The molecule has 1 aromatic heterocycles. The SMILES string of the molecule is Cc1ccc(C(NCC2[C@H]3CC(n4cnc5cc(F)c(F)cc54)C[C@@H]23)C(F)(F)F)cc1. The first-order valence-electron chi connectivity index (χ1n) is 10.4. The molecule has 8 heteroatoms. The predicted molar refractivity (Wildman–Crippen MR) is 106 cm³/mol. The van der Waals surface area contributed by atoms with Crippen LogP contribution in [0.25, 0.3) is 11.0 Å². The van der Waals surface area contributed by atoms with E-state index in [2.05, 4.69) is 10.3 Å². The fraction of sp³-hybridized carbons (Fsp3) is 0.435. The van der Waals surface area contributed by atoms with E-state index in [1.54, 1.807) is 18.5 Å². The van der Waals surface area contributed by atoms with E-state index in [1.165, 1.54) is 12.1 Å². The maximum absolute atomic E-state index is 13.7. The van der Waals surface area contributed by atoms with Crippen molar-refractivity contribution in [2.45, 2.75) is 38.0 Å². The number of imidazole rings is 1. The molecule has 2 aliphatic carbocycles. The second kappa shape index (κ2) is 7.29. The van der Waals surface area contributed by atoms with Crippen LogP contribution >= 0.6 is 0 Å². The van der Waals surface area contributed by atoms with Crippen molar-refractivity contribution in [3.8, 4) is 0 Å². The summed E-state index contributed by atoms with van der Waals surface area (Å²) in [6.45, 7) is 2.15. The summed E-state index contributed by atoms with van der Waals surface area (Å²) < 4.78 is 69.7. The number of fused-ring (bicyclic) bond motifs is 2. The average molecular weight is 435 g/mol. The molecule has 0 radical (unpaired) electrons. The molecule has 1 N–H and O–H groups in total. The molecule has 164 valence electrons. The lowest BCUT2D eigenvalue weighted by Crippen LogP contribution is -2.36. The van der Waals surface area contributed by atoms with Gasteiger partial charge in [0, 0.05) is 18.2 Å². The van der Waals surface area contributed by atoms with Crippen LogP contribution in [-0.2, 0) is 0 Å². The highest BCUT2D eigenvalue weighted by molar-refractivity contribution is 5.75. The van der Waals surface area contributed by atoms with E-state index in [0.29, 0.717) is 29.4 Å². The van der Waals surface area contributed by atoms with Crippen molar-refractivity contribution < 1.29 is 22.0 Å². The van der Waals surface area contributed by atoms with E-state index in [-0.39, 0.29) is 17.5 Å². The lowest BCUT2D eigenvalue weighted by molar-refractivity contribution is -0.158. The van der Waals surface area contributed by atoms with Gasteiger partial charge in [0.05, 0.1) is 17.4 Å². The molecule has 2 saturated carbocycles. The maximum Gasteiger partial charge on any atom is 0.407 e. The Kier molecular flexibility index (Phi) is 4.80. The number of benzene rings is 2. The van der Waals surface area contributed by atoms with Crippen molar-refractivity contribution in [2.75, 3.05) is 6.54 Å². The third-order valence-corrected chi connectivity index (χ3v) is 6.90. The van der Waals surface area contributed by atoms with Crippen LogP contribution in [0, 0.1) is 36.3 Å². The molecule has 3 unspecified atom stereocenters. The molecule has 0 spiro atoms. The van der Waals surface area contributed by atoms with Crippen LogP contribution in [0.3, 0.4) is 0 Å². The van der Waals surface area contributed by atoms with Crippen LogP contribution in [0.5, 0.6) is 0 Å². The zero-order valence-electron chi connectivity index (χ0n) is 16.8. The Labute approximate surface area is 176 Å². The van der Waals surface area contributed by atoms with E-state index in [0.717, 1.165) is 30.5 Å². The Morgan fingerprint density at radius 1 is 1.06 bits per heavy atom. The van der Waals surface area contributed by atoms with Gasteiger partial charge in [0.25, 0.3) is 0 Å². The molecule has 0 bridgehead atoms. The molecule has 3 nitrogen and oxygen atoms in total. The number of hydrogen-bond acceptors (Lipinski definition) is 2. The molecule has 0 saturated heterocycles. The van der Waals surface area contributed by atoms with Gasteiger partial charge in [-0.2, -0.15) is 13.2 Å².